The van der Waals surface area contributed by atoms with E-state index in [1.165, 1.54) is 6.33 Å². The molecule has 1 heterocycles. The molecule has 1 aromatic heterocycles. The molecule has 0 atom stereocenters. The Balaban J connectivity index is 2.83. The topological polar surface area (TPSA) is 35.0 Å². The second kappa shape index (κ2) is 3.39. The van der Waals surface area contributed by atoms with E-state index in [1.54, 1.807) is 6.20 Å². The molecule has 66 valence electrons. The van der Waals surface area contributed by atoms with Gasteiger partial charge in [0.05, 0.1) is 4.47 Å². The summed E-state index contributed by atoms with van der Waals surface area (Å²) in [5, 5.41) is 0. The molecule has 3 nitrogen and oxygen atoms in total. The third-order valence-corrected chi connectivity index (χ3v) is 1.58. The van der Waals surface area contributed by atoms with Crippen LogP contribution in [0.25, 0.3) is 0 Å². The fourth-order valence-electron chi connectivity index (χ4n) is 0.667. The Bertz CT molecular complexity index is 270. The third kappa shape index (κ3) is 2.77. The van der Waals surface area contributed by atoms with Crippen LogP contribution in [0.4, 0.5) is 0 Å². The summed E-state index contributed by atoms with van der Waals surface area (Å²) < 4.78 is 6.31. The van der Waals surface area contributed by atoms with Gasteiger partial charge in [0.2, 0.25) is 5.88 Å². The quantitative estimate of drug-likeness (QED) is 0.744. The molecule has 0 aliphatic rings. The number of aromatic nitrogens is 2. The molecule has 1 aromatic rings. The van der Waals surface area contributed by atoms with Crippen molar-refractivity contribution in [1.82, 2.24) is 9.97 Å². The smallest absolute Gasteiger partial charge is 0.231 e. The first-order valence-corrected chi connectivity index (χ1v) is 4.43. The molecule has 0 amide bonds. The van der Waals surface area contributed by atoms with Crippen molar-refractivity contribution in [3.05, 3.63) is 17.0 Å². The van der Waals surface area contributed by atoms with Gasteiger partial charge < -0.3 is 4.74 Å². The maximum atomic E-state index is 5.53. The van der Waals surface area contributed by atoms with E-state index in [0.29, 0.717) is 5.88 Å². The summed E-state index contributed by atoms with van der Waals surface area (Å²) in [5.74, 6) is 0.581. The van der Waals surface area contributed by atoms with Gasteiger partial charge in [-0.05, 0) is 36.7 Å². The maximum Gasteiger partial charge on any atom is 0.231 e. The Labute approximate surface area is 80.3 Å². The summed E-state index contributed by atoms with van der Waals surface area (Å²) in [6.07, 6.45) is 3.12. The molecule has 0 saturated carbocycles. The minimum atomic E-state index is -0.225. The summed E-state index contributed by atoms with van der Waals surface area (Å²) in [7, 11) is 0. The zero-order valence-electron chi connectivity index (χ0n) is 7.34. The normalized spacial score (nSPS) is 11.3. The lowest BCUT2D eigenvalue weighted by atomic mass is 10.2. The van der Waals surface area contributed by atoms with Crippen LogP contribution in [0, 0.1) is 0 Å². The van der Waals surface area contributed by atoms with Crippen LogP contribution in [0.2, 0.25) is 0 Å². The lowest BCUT2D eigenvalue weighted by molar-refractivity contribution is 0.122. The molecule has 0 radical (unpaired) electrons. The SMILES string of the molecule is CC(C)(C)Oc1ncncc1Br. The average Bonchev–Trinajstić information content (AvgIpc) is 1.91. The Hall–Kier alpha value is -0.640. The van der Waals surface area contributed by atoms with Crippen molar-refractivity contribution in [3.8, 4) is 5.88 Å². The van der Waals surface area contributed by atoms with Gasteiger partial charge in [0.1, 0.15) is 11.9 Å². The summed E-state index contributed by atoms with van der Waals surface area (Å²) in [4.78, 5) is 7.82. The van der Waals surface area contributed by atoms with Crippen LogP contribution in [0.15, 0.2) is 17.0 Å². The molecule has 0 N–H and O–H groups in total. The van der Waals surface area contributed by atoms with E-state index >= 15 is 0 Å². The van der Waals surface area contributed by atoms with E-state index in [0.717, 1.165) is 4.47 Å². The molecule has 1 rings (SSSR count). The van der Waals surface area contributed by atoms with Crippen LogP contribution in [-0.4, -0.2) is 15.6 Å². The standard InChI is InChI=1S/C8H11BrN2O/c1-8(2,3)12-7-6(9)4-10-5-11-7/h4-5H,1-3H3. The summed E-state index contributed by atoms with van der Waals surface area (Å²) in [6, 6.07) is 0. The largest absolute Gasteiger partial charge is 0.471 e. The number of hydrogen-bond acceptors (Lipinski definition) is 3. The molecule has 0 saturated heterocycles. The highest BCUT2D eigenvalue weighted by Gasteiger charge is 2.14. The summed E-state index contributed by atoms with van der Waals surface area (Å²) >= 11 is 3.30. The van der Waals surface area contributed by atoms with Crippen molar-refractivity contribution in [3.63, 3.8) is 0 Å². The Morgan fingerprint density at radius 2 is 2.08 bits per heavy atom. The highest BCUT2D eigenvalue weighted by Crippen LogP contribution is 2.23. The monoisotopic (exact) mass is 230 g/mol. The molecule has 0 fully saturated rings. The molecule has 0 bridgehead atoms. The fourth-order valence-corrected chi connectivity index (χ4v) is 0.968. The van der Waals surface area contributed by atoms with Crippen LogP contribution in [-0.2, 0) is 0 Å². The first kappa shape index (κ1) is 9.45. The van der Waals surface area contributed by atoms with Crippen LogP contribution in [0.1, 0.15) is 20.8 Å². The zero-order valence-corrected chi connectivity index (χ0v) is 8.92. The van der Waals surface area contributed by atoms with Gasteiger partial charge in [0.15, 0.2) is 0 Å². The lowest BCUT2D eigenvalue weighted by Crippen LogP contribution is -2.23. The first-order chi connectivity index (χ1) is 5.49. The van der Waals surface area contributed by atoms with Crippen molar-refractivity contribution in [2.75, 3.05) is 0 Å². The Kier molecular flexibility index (Phi) is 2.67. The van der Waals surface area contributed by atoms with Crippen molar-refractivity contribution >= 4 is 15.9 Å². The highest BCUT2D eigenvalue weighted by molar-refractivity contribution is 9.10. The van der Waals surface area contributed by atoms with E-state index in [-0.39, 0.29) is 5.60 Å². The van der Waals surface area contributed by atoms with Gasteiger partial charge in [-0.2, -0.15) is 0 Å². The fraction of sp³-hybridized carbons (Fsp3) is 0.500. The Morgan fingerprint density at radius 3 is 2.58 bits per heavy atom. The third-order valence-electron chi connectivity index (χ3n) is 1.04. The number of nitrogens with zero attached hydrogens (tertiary/aromatic N) is 2. The number of ether oxygens (including phenoxy) is 1. The van der Waals surface area contributed by atoms with Gasteiger partial charge in [0, 0.05) is 6.20 Å². The molecular weight excluding hydrogens is 220 g/mol. The molecular formula is C8H11BrN2O. The second-order valence-corrected chi connectivity index (χ2v) is 4.24. The van der Waals surface area contributed by atoms with Crippen molar-refractivity contribution in [2.24, 2.45) is 0 Å². The molecule has 0 unspecified atom stereocenters. The van der Waals surface area contributed by atoms with Crippen molar-refractivity contribution in [2.45, 2.75) is 26.4 Å². The molecule has 4 heteroatoms. The van der Waals surface area contributed by atoms with Gasteiger partial charge in [-0.15, -0.1) is 0 Å². The van der Waals surface area contributed by atoms with Crippen molar-refractivity contribution < 1.29 is 4.74 Å². The molecule has 0 aliphatic carbocycles. The molecule has 0 aliphatic heterocycles. The van der Waals surface area contributed by atoms with E-state index in [4.69, 9.17) is 4.74 Å². The number of halogens is 1. The van der Waals surface area contributed by atoms with E-state index in [2.05, 4.69) is 25.9 Å². The Morgan fingerprint density at radius 1 is 1.42 bits per heavy atom. The van der Waals surface area contributed by atoms with Crippen LogP contribution >= 0.6 is 15.9 Å². The van der Waals surface area contributed by atoms with Gasteiger partial charge in [-0.3, -0.25) is 0 Å². The first-order valence-electron chi connectivity index (χ1n) is 3.63. The van der Waals surface area contributed by atoms with Gasteiger partial charge in [-0.1, -0.05) is 0 Å². The maximum absolute atomic E-state index is 5.53. The number of hydrogen-bond donors (Lipinski definition) is 0. The van der Waals surface area contributed by atoms with E-state index in [9.17, 15) is 0 Å². The molecule has 12 heavy (non-hydrogen) atoms. The van der Waals surface area contributed by atoms with Gasteiger partial charge in [0.25, 0.3) is 0 Å². The van der Waals surface area contributed by atoms with Gasteiger partial charge in [-0.25, -0.2) is 9.97 Å². The van der Waals surface area contributed by atoms with Crippen LogP contribution in [0.5, 0.6) is 5.88 Å². The summed E-state index contributed by atoms with van der Waals surface area (Å²) in [5.41, 5.74) is -0.225. The molecule has 0 spiro atoms. The molecule has 0 aromatic carbocycles. The van der Waals surface area contributed by atoms with Crippen LogP contribution < -0.4 is 4.74 Å². The predicted octanol–water partition coefficient (Wildman–Crippen LogP) is 2.42. The zero-order chi connectivity index (χ0) is 9.19. The highest BCUT2D eigenvalue weighted by atomic mass is 79.9. The van der Waals surface area contributed by atoms with E-state index in [1.807, 2.05) is 20.8 Å². The van der Waals surface area contributed by atoms with Crippen LogP contribution in [0.3, 0.4) is 0 Å². The summed E-state index contributed by atoms with van der Waals surface area (Å²) in [6.45, 7) is 5.92. The van der Waals surface area contributed by atoms with E-state index < -0.39 is 0 Å². The predicted molar refractivity (Wildman–Crippen MR) is 50.1 cm³/mol. The van der Waals surface area contributed by atoms with Gasteiger partial charge >= 0.3 is 0 Å². The second-order valence-electron chi connectivity index (χ2n) is 3.39. The average molecular weight is 231 g/mol. The van der Waals surface area contributed by atoms with Crippen molar-refractivity contribution in [1.29, 1.82) is 0 Å². The number of rotatable bonds is 1. The minimum absolute atomic E-state index is 0.225. The lowest BCUT2D eigenvalue weighted by Gasteiger charge is -2.20. The minimum Gasteiger partial charge on any atom is -0.471 e.